The van der Waals surface area contributed by atoms with Gasteiger partial charge in [-0.1, -0.05) is 12.8 Å². The van der Waals surface area contributed by atoms with E-state index in [1.165, 1.54) is 51.4 Å². The summed E-state index contributed by atoms with van der Waals surface area (Å²) in [4.78, 5) is 4.77. The maximum atomic E-state index is 6.12. The fourth-order valence-corrected chi connectivity index (χ4v) is 3.69. The van der Waals surface area contributed by atoms with Gasteiger partial charge in [0, 0.05) is 11.2 Å². The Morgan fingerprint density at radius 1 is 1.06 bits per heavy atom. The minimum Gasteiger partial charge on any atom is -0.387 e. The summed E-state index contributed by atoms with van der Waals surface area (Å²) in [5, 5.41) is 0.874. The van der Waals surface area contributed by atoms with Crippen molar-refractivity contribution in [3.05, 3.63) is 0 Å². The SMILES string of the molecule is CSC1CCC(N=C(N)C2CCCC2)CC1. The molecule has 0 heterocycles. The van der Waals surface area contributed by atoms with E-state index in [4.69, 9.17) is 10.7 Å². The molecule has 2 aliphatic rings. The van der Waals surface area contributed by atoms with Crippen LogP contribution in [0.5, 0.6) is 0 Å². The molecule has 2 N–H and O–H groups in total. The van der Waals surface area contributed by atoms with Crippen molar-refractivity contribution in [2.75, 3.05) is 6.26 Å². The average molecular weight is 240 g/mol. The van der Waals surface area contributed by atoms with Crippen molar-refractivity contribution in [3.63, 3.8) is 0 Å². The highest BCUT2D eigenvalue weighted by Gasteiger charge is 2.23. The Kier molecular flexibility index (Phi) is 4.56. The third-order valence-electron chi connectivity index (χ3n) is 4.08. The van der Waals surface area contributed by atoms with Crippen LogP contribution in [0.2, 0.25) is 0 Å². The zero-order valence-corrected chi connectivity index (χ0v) is 11.1. The summed E-state index contributed by atoms with van der Waals surface area (Å²) in [5.41, 5.74) is 6.12. The second-order valence-corrected chi connectivity index (χ2v) is 6.34. The van der Waals surface area contributed by atoms with Crippen molar-refractivity contribution in [3.8, 4) is 0 Å². The first kappa shape index (κ1) is 12.3. The standard InChI is InChI=1S/C13H24N2S/c1-16-12-8-6-11(7-9-12)15-13(14)10-4-2-3-5-10/h10-12H,2-9H2,1H3,(H2,14,15). The lowest BCUT2D eigenvalue weighted by molar-refractivity contribution is 0.450. The molecular weight excluding hydrogens is 216 g/mol. The fourth-order valence-electron chi connectivity index (χ4n) is 2.95. The normalized spacial score (nSPS) is 33.2. The van der Waals surface area contributed by atoms with Crippen molar-refractivity contribution in [1.29, 1.82) is 0 Å². The van der Waals surface area contributed by atoms with Gasteiger partial charge in [0.2, 0.25) is 0 Å². The van der Waals surface area contributed by atoms with E-state index in [9.17, 15) is 0 Å². The van der Waals surface area contributed by atoms with Crippen molar-refractivity contribution in [2.45, 2.75) is 62.7 Å². The molecule has 0 aliphatic heterocycles. The van der Waals surface area contributed by atoms with E-state index in [1.54, 1.807) is 0 Å². The zero-order valence-electron chi connectivity index (χ0n) is 10.3. The van der Waals surface area contributed by atoms with Gasteiger partial charge in [0.25, 0.3) is 0 Å². The summed E-state index contributed by atoms with van der Waals surface area (Å²) in [7, 11) is 0. The van der Waals surface area contributed by atoms with Crippen LogP contribution in [0.15, 0.2) is 4.99 Å². The number of hydrogen-bond donors (Lipinski definition) is 1. The minimum atomic E-state index is 0.531. The predicted octanol–water partition coefficient (Wildman–Crippen LogP) is 3.21. The Morgan fingerprint density at radius 2 is 1.69 bits per heavy atom. The summed E-state index contributed by atoms with van der Waals surface area (Å²) in [6.07, 6.45) is 12.6. The van der Waals surface area contributed by atoms with Crippen molar-refractivity contribution in [2.24, 2.45) is 16.6 Å². The Bertz CT molecular complexity index is 238. The highest BCUT2D eigenvalue weighted by molar-refractivity contribution is 7.99. The molecule has 0 radical (unpaired) electrons. The van der Waals surface area contributed by atoms with E-state index in [0.29, 0.717) is 12.0 Å². The first-order valence-electron chi connectivity index (χ1n) is 6.65. The van der Waals surface area contributed by atoms with Crippen molar-refractivity contribution >= 4 is 17.6 Å². The first-order chi connectivity index (χ1) is 7.79. The van der Waals surface area contributed by atoms with Crippen LogP contribution < -0.4 is 5.73 Å². The number of rotatable bonds is 3. The second-order valence-electron chi connectivity index (χ2n) is 5.20. The maximum Gasteiger partial charge on any atom is 0.0971 e. The average Bonchev–Trinajstić information content (AvgIpc) is 2.83. The highest BCUT2D eigenvalue weighted by Crippen LogP contribution is 2.30. The summed E-state index contributed by atoms with van der Waals surface area (Å²) < 4.78 is 0. The molecule has 92 valence electrons. The molecule has 0 aromatic rings. The smallest absolute Gasteiger partial charge is 0.0971 e. The van der Waals surface area contributed by atoms with Crippen LogP contribution in [-0.4, -0.2) is 23.4 Å². The molecule has 2 fully saturated rings. The largest absolute Gasteiger partial charge is 0.387 e. The monoisotopic (exact) mass is 240 g/mol. The molecule has 0 aromatic carbocycles. The van der Waals surface area contributed by atoms with E-state index in [-0.39, 0.29) is 0 Å². The Morgan fingerprint density at radius 3 is 2.25 bits per heavy atom. The number of thioether (sulfide) groups is 1. The lowest BCUT2D eigenvalue weighted by Crippen LogP contribution is -2.26. The molecular formula is C13H24N2S. The molecule has 0 spiro atoms. The topological polar surface area (TPSA) is 38.4 Å². The van der Waals surface area contributed by atoms with Crippen LogP contribution >= 0.6 is 11.8 Å². The van der Waals surface area contributed by atoms with Crippen molar-refractivity contribution < 1.29 is 0 Å². The Balaban J connectivity index is 1.82. The molecule has 0 bridgehead atoms. The molecule has 2 nitrogen and oxygen atoms in total. The molecule has 0 saturated heterocycles. The van der Waals surface area contributed by atoms with Crippen LogP contribution in [0.25, 0.3) is 0 Å². The Labute approximate surface area is 103 Å². The molecule has 2 rings (SSSR count). The number of amidine groups is 1. The van der Waals surface area contributed by atoms with Gasteiger partial charge < -0.3 is 5.73 Å². The van der Waals surface area contributed by atoms with Gasteiger partial charge >= 0.3 is 0 Å². The molecule has 16 heavy (non-hydrogen) atoms. The van der Waals surface area contributed by atoms with E-state index in [1.807, 2.05) is 11.8 Å². The van der Waals surface area contributed by atoms with Crippen LogP contribution in [0.1, 0.15) is 51.4 Å². The van der Waals surface area contributed by atoms with Crippen LogP contribution in [0.4, 0.5) is 0 Å². The van der Waals surface area contributed by atoms with Crippen molar-refractivity contribution in [1.82, 2.24) is 0 Å². The molecule has 2 aliphatic carbocycles. The summed E-state index contributed by atoms with van der Waals surface area (Å²) in [6, 6.07) is 0.531. The number of aliphatic imine (C=N–C) groups is 1. The van der Waals surface area contributed by atoms with Crippen LogP contribution in [0, 0.1) is 5.92 Å². The molecule has 0 atom stereocenters. The van der Waals surface area contributed by atoms with Gasteiger partial charge in [0.05, 0.1) is 11.9 Å². The highest BCUT2D eigenvalue weighted by atomic mass is 32.2. The minimum absolute atomic E-state index is 0.531. The lowest BCUT2D eigenvalue weighted by atomic mass is 9.95. The summed E-state index contributed by atoms with van der Waals surface area (Å²) >= 11 is 2.01. The van der Waals surface area contributed by atoms with Gasteiger partial charge in [0.15, 0.2) is 0 Å². The van der Waals surface area contributed by atoms with Gasteiger partial charge in [-0.05, 0) is 44.8 Å². The number of hydrogen-bond acceptors (Lipinski definition) is 2. The van der Waals surface area contributed by atoms with Gasteiger partial charge in [-0.3, -0.25) is 4.99 Å². The van der Waals surface area contributed by atoms with Gasteiger partial charge in [0.1, 0.15) is 0 Å². The van der Waals surface area contributed by atoms with E-state index >= 15 is 0 Å². The van der Waals surface area contributed by atoms with E-state index < -0.39 is 0 Å². The molecule has 0 amide bonds. The van der Waals surface area contributed by atoms with Crippen LogP contribution in [-0.2, 0) is 0 Å². The van der Waals surface area contributed by atoms with Gasteiger partial charge in [-0.15, -0.1) is 0 Å². The van der Waals surface area contributed by atoms with E-state index in [0.717, 1.165) is 11.1 Å². The first-order valence-corrected chi connectivity index (χ1v) is 7.94. The molecule has 0 unspecified atom stereocenters. The summed E-state index contributed by atoms with van der Waals surface area (Å²) in [5.74, 6) is 1.57. The lowest BCUT2D eigenvalue weighted by Gasteiger charge is -2.25. The molecule has 0 aromatic heterocycles. The third-order valence-corrected chi connectivity index (χ3v) is 5.22. The maximum absolute atomic E-state index is 6.12. The zero-order chi connectivity index (χ0) is 11.4. The molecule has 3 heteroatoms. The number of nitrogens with two attached hydrogens (primary N) is 1. The third kappa shape index (κ3) is 3.16. The fraction of sp³-hybridized carbons (Fsp3) is 0.923. The van der Waals surface area contributed by atoms with Crippen LogP contribution in [0.3, 0.4) is 0 Å². The number of nitrogens with zero attached hydrogens (tertiary/aromatic N) is 1. The van der Waals surface area contributed by atoms with Gasteiger partial charge in [-0.25, -0.2) is 0 Å². The predicted molar refractivity (Wildman–Crippen MR) is 73.1 cm³/mol. The quantitative estimate of drug-likeness (QED) is 0.607. The molecule has 2 saturated carbocycles. The van der Waals surface area contributed by atoms with E-state index in [2.05, 4.69) is 6.26 Å². The summed E-state index contributed by atoms with van der Waals surface area (Å²) in [6.45, 7) is 0. The Hall–Kier alpha value is -0.180. The second kappa shape index (κ2) is 5.95. The van der Waals surface area contributed by atoms with Gasteiger partial charge in [-0.2, -0.15) is 11.8 Å².